The fourth-order valence-corrected chi connectivity index (χ4v) is 2.58. The highest BCUT2D eigenvalue weighted by molar-refractivity contribution is 6.02. The third kappa shape index (κ3) is 3.51. The number of hydrogen-bond donors (Lipinski definition) is 2. The Hall–Kier alpha value is -4.21. The lowest BCUT2D eigenvalue weighted by atomic mass is 10.2. The minimum absolute atomic E-state index is 0.199. The standard InChI is InChI=1S/C18H14N6O4/c25-18(14-2-1-9-28-14)21-13-5-3-12(4-6-13)10-19-15-7-8-16-20-11-17(24(26)27)23(16)22-15/h1-9,11H,10H2,(H,19,22)(H,21,25). The lowest BCUT2D eigenvalue weighted by Gasteiger charge is -2.07. The number of amides is 1. The van der Waals surface area contributed by atoms with E-state index in [1.165, 1.54) is 17.0 Å². The first-order chi connectivity index (χ1) is 13.6. The summed E-state index contributed by atoms with van der Waals surface area (Å²) < 4.78 is 6.23. The van der Waals surface area contributed by atoms with E-state index >= 15 is 0 Å². The van der Waals surface area contributed by atoms with Crippen molar-refractivity contribution < 1.29 is 14.1 Å². The molecule has 4 aromatic rings. The molecule has 0 aliphatic carbocycles. The second-order valence-corrected chi connectivity index (χ2v) is 5.84. The van der Waals surface area contributed by atoms with Crippen LogP contribution in [0.1, 0.15) is 16.1 Å². The molecule has 0 bridgehead atoms. The Morgan fingerprint density at radius 2 is 2.00 bits per heavy atom. The summed E-state index contributed by atoms with van der Waals surface area (Å²) in [7, 11) is 0. The number of furan rings is 1. The zero-order chi connectivity index (χ0) is 19.5. The number of carbonyl (C=O) groups is 1. The van der Waals surface area contributed by atoms with Gasteiger partial charge in [-0.05, 0) is 40.8 Å². The molecule has 0 fully saturated rings. The van der Waals surface area contributed by atoms with Gasteiger partial charge in [-0.25, -0.2) is 4.98 Å². The fraction of sp³-hybridized carbons (Fsp3) is 0.0556. The van der Waals surface area contributed by atoms with Gasteiger partial charge in [0.2, 0.25) is 5.65 Å². The molecule has 10 heteroatoms. The van der Waals surface area contributed by atoms with E-state index in [1.807, 2.05) is 12.1 Å². The van der Waals surface area contributed by atoms with E-state index < -0.39 is 4.92 Å². The topological polar surface area (TPSA) is 128 Å². The predicted octanol–water partition coefficient (Wildman–Crippen LogP) is 3.09. The van der Waals surface area contributed by atoms with Gasteiger partial charge in [0.05, 0.1) is 6.26 Å². The predicted molar refractivity (Wildman–Crippen MR) is 100 cm³/mol. The van der Waals surface area contributed by atoms with E-state index in [4.69, 9.17) is 4.42 Å². The molecule has 0 radical (unpaired) electrons. The van der Waals surface area contributed by atoms with E-state index in [1.54, 1.807) is 36.4 Å². The average Bonchev–Trinajstić information content (AvgIpc) is 3.37. The molecular weight excluding hydrogens is 364 g/mol. The SMILES string of the molecule is O=C(Nc1ccc(CNc2ccc3ncc([N+](=O)[O-])n3n2)cc1)c1ccco1. The first-order valence-corrected chi connectivity index (χ1v) is 8.27. The van der Waals surface area contributed by atoms with E-state index in [2.05, 4.69) is 20.7 Å². The second-order valence-electron chi connectivity index (χ2n) is 5.84. The number of fused-ring (bicyclic) bond motifs is 1. The number of benzene rings is 1. The zero-order valence-electron chi connectivity index (χ0n) is 14.4. The molecule has 10 nitrogen and oxygen atoms in total. The number of aromatic nitrogens is 3. The van der Waals surface area contributed by atoms with Crippen LogP contribution in [0.25, 0.3) is 5.65 Å². The van der Waals surface area contributed by atoms with Gasteiger partial charge < -0.3 is 25.2 Å². The Balaban J connectivity index is 1.41. The van der Waals surface area contributed by atoms with Gasteiger partial charge in [0.1, 0.15) is 6.20 Å². The van der Waals surface area contributed by atoms with Crippen LogP contribution in [0, 0.1) is 10.1 Å². The van der Waals surface area contributed by atoms with Crippen molar-refractivity contribution in [3.05, 3.63) is 82.4 Å². The Bertz CT molecular complexity index is 1130. The molecular formula is C18H14N6O4. The van der Waals surface area contributed by atoms with Crippen molar-refractivity contribution in [2.75, 3.05) is 10.6 Å². The van der Waals surface area contributed by atoms with Crippen molar-refractivity contribution in [1.82, 2.24) is 14.6 Å². The van der Waals surface area contributed by atoms with Gasteiger partial charge in [-0.1, -0.05) is 21.7 Å². The molecule has 1 amide bonds. The Morgan fingerprint density at radius 3 is 2.71 bits per heavy atom. The van der Waals surface area contributed by atoms with Crippen LogP contribution in [-0.4, -0.2) is 25.4 Å². The number of rotatable bonds is 6. The summed E-state index contributed by atoms with van der Waals surface area (Å²) in [4.78, 5) is 26.4. The molecule has 0 aliphatic rings. The highest BCUT2D eigenvalue weighted by atomic mass is 16.6. The zero-order valence-corrected chi connectivity index (χ0v) is 14.4. The van der Waals surface area contributed by atoms with E-state index in [0.717, 1.165) is 5.56 Å². The van der Waals surface area contributed by atoms with Crippen LogP contribution in [0.2, 0.25) is 0 Å². The average molecular weight is 378 g/mol. The fourth-order valence-electron chi connectivity index (χ4n) is 2.58. The lowest BCUT2D eigenvalue weighted by Crippen LogP contribution is -2.11. The molecule has 28 heavy (non-hydrogen) atoms. The van der Waals surface area contributed by atoms with Crippen molar-refractivity contribution >= 4 is 28.9 Å². The number of nitrogens with one attached hydrogen (secondary N) is 2. The summed E-state index contributed by atoms with van der Waals surface area (Å²) in [6.07, 6.45) is 2.61. The smallest absolute Gasteiger partial charge is 0.368 e. The molecule has 0 aliphatic heterocycles. The van der Waals surface area contributed by atoms with Gasteiger partial charge in [0.15, 0.2) is 11.6 Å². The van der Waals surface area contributed by atoms with Crippen molar-refractivity contribution in [2.24, 2.45) is 0 Å². The molecule has 1 aromatic carbocycles. The lowest BCUT2D eigenvalue weighted by molar-refractivity contribution is -0.391. The van der Waals surface area contributed by atoms with Crippen molar-refractivity contribution in [1.29, 1.82) is 0 Å². The number of carbonyl (C=O) groups excluding carboxylic acids is 1. The number of imidazole rings is 1. The third-order valence-corrected chi connectivity index (χ3v) is 3.96. The van der Waals surface area contributed by atoms with Gasteiger partial charge in [-0.3, -0.25) is 4.79 Å². The van der Waals surface area contributed by atoms with Gasteiger partial charge in [0, 0.05) is 18.3 Å². The van der Waals surface area contributed by atoms with Crippen LogP contribution in [0.5, 0.6) is 0 Å². The van der Waals surface area contributed by atoms with Gasteiger partial charge in [0.25, 0.3) is 5.91 Å². The summed E-state index contributed by atoms with van der Waals surface area (Å²) in [6.45, 7) is 0.452. The summed E-state index contributed by atoms with van der Waals surface area (Å²) in [5.41, 5.74) is 1.98. The van der Waals surface area contributed by atoms with Crippen molar-refractivity contribution in [3.8, 4) is 0 Å². The molecule has 4 rings (SSSR count). The quantitative estimate of drug-likeness (QED) is 0.390. The van der Waals surface area contributed by atoms with E-state index in [0.29, 0.717) is 23.7 Å². The molecule has 0 saturated heterocycles. The first kappa shape index (κ1) is 17.2. The molecule has 3 aromatic heterocycles. The van der Waals surface area contributed by atoms with Gasteiger partial charge in [-0.15, -0.1) is 0 Å². The Labute approximate surface area is 158 Å². The first-order valence-electron chi connectivity index (χ1n) is 8.27. The maximum absolute atomic E-state index is 12.0. The number of nitro groups is 1. The van der Waals surface area contributed by atoms with Crippen LogP contribution in [0.15, 0.2) is 65.4 Å². The van der Waals surface area contributed by atoms with Crippen LogP contribution >= 0.6 is 0 Å². The molecule has 3 heterocycles. The molecule has 2 N–H and O–H groups in total. The van der Waals surface area contributed by atoms with Crippen molar-refractivity contribution in [2.45, 2.75) is 6.54 Å². The molecule has 0 saturated carbocycles. The third-order valence-electron chi connectivity index (χ3n) is 3.96. The van der Waals surface area contributed by atoms with Crippen LogP contribution < -0.4 is 10.6 Å². The number of hydrogen-bond acceptors (Lipinski definition) is 7. The van der Waals surface area contributed by atoms with Crippen molar-refractivity contribution in [3.63, 3.8) is 0 Å². The summed E-state index contributed by atoms with van der Waals surface area (Å²) >= 11 is 0. The van der Waals surface area contributed by atoms with E-state index in [-0.39, 0.29) is 17.5 Å². The number of anilines is 2. The minimum atomic E-state index is -0.535. The highest BCUT2D eigenvalue weighted by Crippen LogP contribution is 2.16. The summed E-state index contributed by atoms with van der Waals surface area (Å²) in [6, 6.07) is 13.8. The van der Waals surface area contributed by atoms with Crippen LogP contribution in [0.4, 0.5) is 17.3 Å². The number of nitrogens with zero attached hydrogens (tertiary/aromatic N) is 4. The maximum Gasteiger partial charge on any atom is 0.368 e. The highest BCUT2D eigenvalue weighted by Gasteiger charge is 2.16. The Morgan fingerprint density at radius 1 is 1.18 bits per heavy atom. The largest absolute Gasteiger partial charge is 0.459 e. The second kappa shape index (κ2) is 7.19. The molecule has 140 valence electrons. The minimum Gasteiger partial charge on any atom is -0.459 e. The molecule has 0 unspecified atom stereocenters. The van der Waals surface area contributed by atoms with Gasteiger partial charge >= 0.3 is 5.82 Å². The van der Waals surface area contributed by atoms with Crippen LogP contribution in [-0.2, 0) is 6.54 Å². The maximum atomic E-state index is 12.0. The molecule has 0 atom stereocenters. The Kier molecular flexibility index (Phi) is 4.42. The monoisotopic (exact) mass is 378 g/mol. The van der Waals surface area contributed by atoms with Crippen LogP contribution in [0.3, 0.4) is 0 Å². The molecule has 0 spiro atoms. The summed E-state index contributed by atoms with van der Waals surface area (Å²) in [5, 5.41) is 21.0. The summed E-state index contributed by atoms with van der Waals surface area (Å²) in [5.74, 6) is 0.190. The normalized spacial score (nSPS) is 10.7. The van der Waals surface area contributed by atoms with Gasteiger partial charge in [-0.2, -0.15) is 0 Å². The van der Waals surface area contributed by atoms with E-state index in [9.17, 15) is 14.9 Å².